The highest BCUT2D eigenvalue weighted by Gasteiger charge is 2.24. The van der Waals surface area contributed by atoms with Crippen molar-refractivity contribution in [1.29, 1.82) is 0 Å². The number of anilines is 1. The molecular weight excluding hydrogens is 372 g/mol. The van der Waals surface area contributed by atoms with Gasteiger partial charge in [0, 0.05) is 50.6 Å². The smallest absolute Gasteiger partial charge is 0.272 e. The fourth-order valence-corrected chi connectivity index (χ4v) is 3.08. The number of carbonyl (C=O) groups excluding carboxylic acids is 3. The molecule has 3 amide bonds. The van der Waals surface area contributed by atoms with Crippen molar-refractivity contribution in [2.45, 2.75) is 13.8 Å². The molecule has 0 atom stereocenters. The number of nitrogens with one attached hydrogen (secondary N) is 1. The topological polar surface area (TPSA) is 91.8 Å². The zero-order valence-corrected chi connectivity index (χ0v) is 16.6. The second kappa shape index (κ2) is 9.18. The van der Waals surface area contributed by atoms with E-state index in [-0.39, 0.29) is 23.4 Å². The molecule has 3 rings (SSSR count). The third-order valence-corrected chi connectivity index (χ3v) is 4.68. The molecule has 0 unspecified atom stereocenters. The molecule has 8 nitrogen and oxygen atoms in total. The average Bonchev–Trinajstić information content (AvgIpc) is 2.75. The second-order valence-corrected chi connectivity index (χ2v) is 6.64. The van der Waals surface area contributed by atoms with Gasteiger partial charge in [0.1, 0.15) is 11.4 Å². The third kappa shape index (κ3) is 5.10. The van der Waals surface area contributed by atoms with Gasteiger partial charge in [0.25, 0.3) is 11.8 Å². The van der Waals surface area contributed by atoms with E-state index in [1.165, 1.54) is 19.2 Å². The molecule has 0 aliphatic carbocycles. The van der Waals surface area contributed by atoms with E-state index in [1.807, 2.05) is 6.92 Å². The molecule has 29 heavy (non-hydrogen) atoms. The molecule has 152 valence electrons. The number of pyridine rings is 1. The lowest BCUT2D eigenvalue weighted by molar-refractivity contribution is -0.130. The number of amides is 3. The number of nitrogens with zero attached hydrogens (tertiary/aromatic N) is 3. The molecule has 1 aliphatic rings. The largest absolute Gasteiger partial charge is 0.494 e. The van der Waals surface area contributed by atoms with Crippen LogP contribution < -0.4 is 10.1 Å². The first-order chi connectivity index (χ1) is 14.0. The van der Waals surface area contributed by atoms with Crippen LogP contribution in [0, 0.1) is 0 Å². The first-order valence-corrected chi connectivity index (χ1v) is 9.53. The summed E-state index contributed by atoms with van der Waals surface area (Å²) >= 11 is 0. The van der Waals surface area contributed by atoms with Crippen LogP contribution in [0.4, 0.5) is 5.69 Å². The normalized spacial score (nSPS) is 13.7. The van der Waals surface area contributed by atoms with Gasteiger partial charge in [-0.25, -0.2) is 0 Å². The van der Waals surface area contributed by atoms with Crippen LogP contribution in [-0.4, -0.2) is 65.3 Å². The standard InChI is InChI=1S/C21H24N4O4/c1-3-29-18-6-4-17(5-7-18)23-20(27)16-8-9-22-19(14-16)21(28)25-12-10-24(11-13-25)15(2)26/h4-9,14H,3,10-13H2,1-2H3,(H,23,27). The van der Waals surface area contributed by atoms with Crippen molar-refractivity contribution in [3.63, 3.8) is 0 Å². The van der Waals surface area contributed by atoms with Crippen molar-refractivity contribution in [3.8, 4) is 5.75 Å². The van der Waals surface area contributed by atoms with Gasteiger partial charge in [0.2, 0.25) is 5.91 Å². The Morgan fingerprint density at radius 1 is 1.03 bits per heavy atom. The van der Waals surface area contributed by atoms with Crippen molar-refractivity contribution in [2.24, 2.45) is 0 Å². The number of benzene rings is 1. The number of ether oxygens (including phenoxy) is 1. The van der Waals surface area contributed by atoms with Crippen molar-refractivity contribution >= 4 is 23.4 Å². The highest BCUT2D eigenvalue weighted by Crippen LogP contribution is 2.17. The molecule has 8 heteroatoms. The van der Waals surface area contributed by atoms with Crippen LogP contribution in [0.5, 0.6) is 5.75 Å². The number of hydrogen-bond acceptors (Lipinski definition) is 5. The van der Waals surface area contributed by atoms with E-state index in [2.05, 4.69) is 10.3 Å². The van der Waals surface area contributed by atoms with Crippen molar-refractivity contribution in [3.05, 3.63) is 53.9 Å². The van der Waals surface area contributed by atoms with Gasteiger partial charge in [-0.2, -0.15) is 0 Å². The van der Waals surface area contributed by atoms with Gasteiger partial charge in [-0.05, 0) is 43.3 Å². The van der Waals surface area contributed by atoms with E-state index in [0.29, 0.717) is 44.0 Å². The summed E-state index contributed by atoms with van der Waals surface area (Å²) in [5.74, 6) is 0.159. The van der Waals surface area contributed by atoms with Crippen LogP contribution in [0.3, 0.4) is 0 Å². The van der Waals surface area contributed by atoms with Crippen LogP contribution in [-0.2, 0) is 4.79 Å². The summed E-state index contributed by atoms with van der Waals surface area (Å²) in [6, 6.07) is 10.1. The molecule has 1 saturated heterocycles. The summed E-state index contributed by atoms with van der Waals surface area (Å²) < 4.78 is 5.39. The van der Waals surface area contributed by atoms with Crippen LogP contribution in [0.1, 0.15) is 34.7 Å². The molecular formula is C21H24N4O4. The molecule has 2 aromatic rings. The molecule has 0 spiro atoms. The van der Waals surface area contributed by atoms with Gasteiger partial charge in [-0.15, -0.1) is 0 Å². The molecule has 2 heterocycles. The van der Waals surface area contributed by atoms with E-state index in [9.17, 15) is 14.4 Å². The summed E-state index contributed by atoms with van der Waals surface area (Å²) in [5, 5.41) is 2.80. The van der Waals surface area contributed by atoms with E-state index in [0.717, 1.165) is 5.75 Å². The fraction of sp³-hybridized carbons (Fsp3) is 0.333. The van der Waals surface area contributed by atoms with E-state index >= 15 is 0 Å². The molecule has 0 bridgehead atoms. The Balaban J connectivity index is 1.64. The number of aromatic nitrogens is 1. The van der Waals surface area contributed by atoms with Gasteiger partial charge in [-0.3, -0.25) is 19.4 Å². The lowest BCUT2D eigenvalue weighted by Crippen LogP contribution is -2.50. The SMILES string of the molecule is CCOc1ccc(NC(=O)c2ccnc(C(=O)N3CCN(C(C)=O)CC3)c2)cc1. The predicted octanol–water partition coefficient (Wildman–Crippen LogP) is 2.04. The maximum atomic E-state index is 12.7. The minimum absolute atomic E-state index is 0.00295. The molecule has 0 saturated carbocycles. The van der Waals surface area contributed by atoms with Gasteiger partial charge < -0.3 is 19.9 Å². The number of carbonyl (C=O) groups is 3. The minimum Gasteiger partial charge on any atom is -0.494 e. The molecule has 1 aliphatic heterocycles. The number of hydrogen-bond donors (Lipinski definition) is 1. The molecule has 1 N–H and O–H groups in total. The van der Waals surface area contributed by atoms with Crippen molar-refractivity contribution < 1.29 is 19.1 Å². The van der Waals surface area contributed by atoms with Gasteiger partial charge in [-0.1, -0.05) is 0 Å². The van der Waals surface area contributed by atoms with E-state index in [4.69, 9.17) is 4.74 Å². The summed E-state index contributed by atoms with van der Waals surface area (Å²) in [6.07, 6.45) is 1.45. The summed E-state index contributed by atoms with van der Waals surface area (Å²) in [6.45, 7) is 5.89. The Hall–Kier alpha value is -3.42. The Kier molecular flexibility index (Phi) is 6.43. The van der Waals surface area contributed by atoms with Crippen LogP contribution in [0.15, 0.2) is 42.6 Å². The molecule has 0 radical (unpaired) electrons. The Bertz CT molecular complexity index is 890. The Labute approximate surface area is 169 Å². The van der Waals surface area contributed by atoms with E-state index in [1.54, 1.807) is 40.1 Å². The highest BCUT2D eigenvalue weighted by atomic mass is 16.5. The second-order valence-electron chi connectivity index (χ2n) is 6.64. The lowest BCUT2D eigenvalue weighted by Gasteiger charge is -2.34. The fourth-order valence-electron chi connectivity index (χ4n) is 3.08. The molecule has 1 fully saturated rings. The highest BCUT2D eigenvalue weighted by molar-refractivity contribution is 6.05. The monoisotopic (exact) mass is 396 g/mol. The summed E-state index contributed by atoms with van der Waals surface area (Å²) in [7, 11) is 0. The minimum atomic E-state index is -0.327. The third-order valence-electron chi connectivity index (χ3n) is 4.68. The zero-order valence-electron chi connectivity index (χ0n) is 16.6. The first kappa shape index (κ1) is 20.3. The molecule has 1 aromatic heterocycles. The average molecular weight is 396 g/mol. The Morgan fingerprint density at radius 2 is 1.69 bits per heavy atom. The first-order valence-electron chi connectivity index (χ1n) is 9.53. The number of rotatable bonds is 5. The van der Waals surface area contributed by atoms with Crippen molar-refractivity contribution in [1.82, 2.24) is 14.8 Å². The van der Waals surface area contributed by atoms with Crippen molar-refractivity contribution in [2.75, 3.05) is 38.1 Å². The van der Waals surface area contributed by atoms with Crippen LogP contribution in [0.2, 0.25) is 0 Å². The lowest BCUT2D eigenvalue weighted by atomic mass is 10.2. The summed E-state index contributed by atoms with van der Waals surface area (Å²) in [4.78, 5) is 44.2. The summed E-state index contributed by atoms with van der Waals surface area (Å²) in [5.41, 5.74) is 1.18. The molecule has 1 aromatic carbocycles. The van der Waals surface area contributed by atoms with Gasteiger partial charge >= 0.3 is 0 Å². The maximum absolute atomic E-state index is 12.7. The van der Waals surface area contributed by atoms with Gasteiger partial charge in [0.15, 0.2) is 0 Å². The van der Waals surface area contributed by atoms with Crippen LogP contribution in [0.25, 0.3) is 0 Å². The Morgan fingerprint density at radius 3 is 2.31 bits per heavy atom. The maximum Gasteiger partial charge on any atom is 0.272 e. The zero-order chi connectivity index (χ0) is 20.8. The van der Waals surface area contributed by atoms with Crippen LogP contribution >= 0.6 is 0 Å². The number of piperazine rings is 1. The quantitative estimate of drug-likeness (QED) is 0.835. The van der Waals surface area contributed by atoms with Gasteiger partial charge in [0.05, 0.1) is 6.61 Å². The van der Waals surface area contributed by atoms with E-state index < -0.39 is 0 Å². The predicted molar refractivity (Wildman–Crippen MR) is 108 cm³/mol.